The largest absolute Gasteiger partial charge is 0.507 e. The number of hydrogen-bond acceptors (Lipinski definition) is 6. The minimum Gasteiger partial charge on any atom is -0.507 e. The number of benzene rings is 3. The molecule has 0 radical (unpaired) electrons. The molecule has 0 aliphatic carbocycles. The topological polar surface area (TPSA) is 79.7 Å². The van der Waals surface area contributed by atoms with E-state index in [1.165, 1.54) is 23.1 Å². The molecule has 1 fully saturated rings. The number of rotatable bonds is 7. The molecule has 0 bridgehead atoms. The van der Waals surface area contributed by atoms with Crippen LogP contribution in [0.2, 0.25) is 0 Å². The number of aromatic nitrogens is 1. The Morgan fingerprint density at radius 2 is 1.92 bits per heavy atom. The summed E-state index contributed by atoms with van der Waals surface area (Å²) < 4.78 is 20.9. The van der Waals surface area contributed by atoms with Crippen LogP contribution in [0.5, 0.6) is 5.75 Å². The van der Waals surface area contributed by atoms with E-state index in [0.29, 0.717) is 33.7 Å². The normalized spacial score (nSPS) is 17.1. The standard InChI is InChI=1S/C28H22BrFN2O4S/c1-2-3-13-36-20-6-4-5-17(14-20)25(33)23-24(16-7-9-18(29)10-8-16)32(27(35)26(23)34)28-31-21-12-11-19(30)15-22(21)37-28/h4-12,14-15,24,33H,2-3,13H2,1H3. The number of amides is 1. The Balaban J connectivity index is 1.64. The molecule has 1 unspecified atom stereocenters. The smallest absolute Gasteiger partial charge is 0.301 e. The third kappa shape index (κ3) is 4.89. The van der Waals surface area contributed by atoms with Crippen molar-refractivity contribution < 1.29 is 23.8 Å². The summed E-state index contributed by atoms with van der Waals surface area (Å²) in [6.45, 7) is 2.59. The minimum atomic E-state index is -0.928. The van der Waals surface area contributed by atoms with Crippen molar-refractivity contribution in [1.82, 2.24) is 4.98 Å². The highest BCUT2D eigenvalue weighted by Gasteiger charge is 2.48. The number of ether oxygens (including phenoxy) is 1. The molecule has 4 aromatic rings. The van der Waals surface area contributed by atoms with Crippen molar-refractivity contribution in [2.75, 3.05) is 11.5 Å². The highest BCUT2D eigenvalue weighted by Crippen LogP contribution is 2.44. The molecule has 3 aromatic carbocycles. The molecular weight excluding hydrogens is 559 g/mol. The monoisotopic (exact) mass is 580 g/mol. The molecule has 0 spiro atoms. The first-order valence-corrected chi connectivity index (χ1v) is 13.3. The van der Waals surface area contributed by atoms with Gasteiger partial charge in [-0.25, -0.2) is 9.37 Å². The van der Waals surface area contributed by atoms with Gasteiger partial charge in [-0.15, -0.1) is 0 Å². The van der Waals surface area contributed by atoms with E-state index < -0.39 is 23.5 Å². The van der Waals surface area contributed by atoms with E-state index in [4.69, 9.17) is 4.74 Å². The lowest BCUT2D eigenvalue weighted by atomic mass is 9.95. The van der Waals surface area contributed by atoms with Gasteiger partial charge in [-0.3, -0.25) is 14.5 Å². The number of aliphatic hydroxyl groups excluding tert-OH is 1. The van der Waals surface area contributed by atoms with E-state index in [0.717, 1.165) is 28.7 Å². The predicted octanol–water partition coefficient (Wildman–Crippen LogP) is 7.00. The van der Waals surface area contributed by atoms with Crippen molar-refractivity contribution in [3.63, 3.8) is 0 Å². The van der Waals surface area contributed by atoms with Crippen molar-refractivity contribution in [2.45, 2.75) is 25.8 Å². The molecule has 37 heavy (non-hydrogen) atoms. The average molecular weight is 581 g/mol. The lowest BCUT2D eigenvalue weighted by Gasteiger charge is -2.23. The summed E-state index contributed by atoms with van der Waals surface area (Å²) in [5.41, 5.74) is 1.43. The van der Waals surface area contributed by atoms with Gasteiger partial charge in [-0.05, 0) is 54.4 Å². The maximum Gasteiger partial charge on any atom is 0.301 e. The van der Waals surface area contributed by atoms with Crippen LogP contribution < -0.4 is 9.64 Å². The molecule has 1 aliphatic heterocycles. The molecule has 2 heterocycles. The second kappa shape index (κ2) is 10.4. The zero-order valence-corrected chi connectivity index (χ0v) is 22.2. The summed E-state index contributed by atoms with van der Waals surface area (Å²) in [6.07, 6.45) is 1.87. The predicted molar refractivity (Wildman–Crippen MR) is 145 cm³/mol. The molecule has 1 amide bonds. The van der Waals surface area contributed by atoms with Crippen molar-refractivity contribution in [3.8, 4) is 5.75 Å². The lowest BCUT2D eigenvalue weighted by Crippen LogP contribution is -2.29. The third-order valence-corrected chi connectivity index (χ3v) is 7.60. The lowest BCUT2D eigenvalue weighted by molar-refractivity contribution is -0.132. The second-order valence-electron chi connectivity index (χ2n) is 8.56. The zero-order valence-electron chi connectivity index (χ0n) is 19.8. The molecular formula is C28H22BrFN2O4S. The van der Waals surface area contributed by atoms with Crippen LogP contribution >= 0.6 is 27.3 Å². The van der Waals surface area contributed by atoms with Gasteiger partial charge in [0, 0.05) is 10.0 Å². The molecule has 1 atom stereocenters. The summed E-state index contributed by atoms with van der Waals surface area (Å²) in [5, 5.41) is 11.6. The Morgan fingerprint density at radius 1 is 1.14 bits per heavy atom. The summed E-state index contributed by atoms with van der Waals surface area (Å²) in [6, 6.07) is 17.2. The molecule has 5 rings (SSSR count). The molecule has 9 heteroatoms. The van der Waals surface area contributed by atoms with E-state index in [1.54, 1.807) is 48.5 Å². The number of anilines is 1. The van der Waals surface area contributed by atoms with Crippen LogP contribution in [0.1, 0.15) is 36.9 Å². The molecule has 188 valence electrons. The van der Waals surface area contributed by atoms with E-state index in [-0.39, 0.29) is 16.5 Å². The van der Waals surface area contributed by atoms with Gasteiger partial charge in [0.2, 0.25) is 0 Å². The van der Waals surface area contributed by atoms with E-state index in [9.17, 15) is 19.1 Å². The maximum absolute atomic E-state index is 13.8. The average Bonchev–Trinajstić information content (AvgIpc) is 3.42. The molecule has 1 aromatic heterocycles. The Morgan fingerprint density at radius 3 is 2.68 bits per heavy atom. The first-order valence-electron chi connectivity index (χ1n) is 11.7. The van der Waals surface area contributed by atoms with Gasteiger partial charge in [0.25, 0.3) is 5.78 Å². The number of thiazole rings is 1. The van der Waals surface area contributed by atoms with Gasteiger partial charge in [-0.2, -0.15) is 0 Å². The van der Waals surface area contributed by atoms with Crippen molar-refractivity contribution >= 4 is 60.1 Å². The maximum atomic E-state index is 13.8. The molecule has 0 saturated carbocycles. The second-order valence-corrected chi connectivity index (χ2v) is 10.5. The van der Waals surface area contributed by atoms with E-state index >= 15 is 0 Å². The van der Waals surface area contributed by atoms with Gasteiger partial charge in [0.05, 0.1) is 28.4 Å². The van der Waals surface area contributed by atoms with Gasteiger partial charge in [0.1, 0.15) is 17.3 Å². The van der Waals surface area contributed by atoms with Crippen LogP contribution in [0, 0.1) is 5.82 Å². The molecule has 1 aliphatic rings. The molecule has 1 N–H and O–H groups in total. The van der Waals surface area contributed by atoms with Crippen LogP contribution in [-0.4, -0.2) is 28.4 Å². The van der Waals surface area contributed by atoms with Crippen LogP contribution in [0.4, 0.5) is 9.52 Å². The van der Waals surface area contributed by atoms with Gasteiger partial charge in [-0.1, -0.05) is 64.9 Å². The van der Waals surface area contributed by atoms with Gasteiger partial charge < -0.3 is 9.84 Å². The summed E-state index contributed by atoms with van der Waals surface area (Å²) in [4.78, 5) is 32.6. The van der Waals surface area contributed by atoms with Crippen LogP contribution in [0.25, 0.3) is 16.0 Å². The fraction of sp³-hybridized carbons (Fsp3) is 0.179. The Hall–Kier alpha value is -3.56. The number of aliphatic hydroxyl groups is 1. The Bertz CT molecular complexity index is 1530. The van der Waals surface area contributed by atoms with Gasteiger partial charge >= 0.3 is 5.91 Å². The quantitative estimate of drug-likeness (QED) is 0.110. The van der Waals surface area contributed by atoms with Crippen LogP contribution in [0.15, 0.2) is 76.8 Å². The first-order chi connectivity index (χ1) is 17.9. The van der Waals surface area contributed by atoms with Gasteiger partial charge in [0.15, 0.2) is 5.13 Å². The SMILES string of the molecule is CCCCOc1cccc(C(O)=C2C(=O)C(=O)N(c3nc4ccc(F)cc4s3)C2c2ccc(Br)cc2)c1. The number of hydrogen-bond donors (Lipinski definition) is 1. The van der Waals surface area contributed by atoms with E-state index in [2.05, 4.69) is 27.8 Å². The molecule has 1 saturated heterocycles. The Kier molecular flexibility index (Phi) is 7.08. The van der Waals surface area contributed by atoms with Crippen molar-refractivity contribution in [1.29, 1.82) is 0 Å². The number of nitrogens with zero attached hydrogens (tertiary/aromatic N) is 2. The van der Waals surface area contributed by atoms with Crippen LogP contribution in [-0.2, 0) is 9.59 Å². The number of carbonyl (C=O) groups is 2. The number of carbonyl (C=O) groups excluding carboxylic acids is 2. The number of ketones is 1. The number of fused-ring (bicyclic) bond motifs is 1. The van der Waals surface area contributed by atoms with Crippen molar-refractivity contribution in [2.24, 2.45) is 0 Å². The fourth-order valence-corrected chi connectivity index (χ4v) is 5.48. The third-order valence-electron chi connectivity index (χ3n) is 6.05. The fourth-order valence-electron chi connectivity index (χ4n) is 4.20. The summed E-state index contributed by atoms with van der Waals surface area (Å²) in [7, 11) is 0. The number of unbranched alkanes of at least 4 members (excludes halogenated alkanes) is 1. The number of halogens is 2. The summed E-state index contributed by atoms with van der Waals surface area (Å²) in [5.74, 6) is -1.81. The zero-order chi connectivity index (χ0) is 26.1. The number of Topliss-reactive ketones (excluding diaryl/α,β-unsaturated/α-hetero) is 1. The summed E-state index contributed by atoms with van der Waals surface area (Å²) >= 11 is 4.52. The molecule has 6 nitrogen and oxygen atoms in total. The highest BCUT2D eigenvalue weighted by atomic mass is 79.9. The highest BCUT2D eigenvalue weighted by molar-refractivity contribution is 9.10. The first kappa shape index (κ1) is 25.1. The Labute approximate surface area is 225 Å². The van der Waals surface area contributed by atoms with Crippen molar-refractivity contribution in [3.05, 3.63) is 93.7 Å². The minimum absolute atomic E-state index is 0.0523. The van der Waals surface area contributed by atoms with E-state index in [1.807, 2.05) is 0 Å². The van der Waals surface area contributed by atoms with Crippen LogP contribution in [0.3, 0.4) is 0 Å².